The average molecular weight is 594 g/mol. The van der Waals surface area contributed by atoms with Crippen LogP contribution < -0.4 is 16.0 Å². The molecule has 1 atom stereocenters. The fourth-order valence-electron chi connectivity index (χ4n) is 3.63. The van der Waals surface area contributed by atoms with Gasteiger partial charge < -0.3 is 41.4 Å². The van der Waals surface area contributed by atoms with E-state index in [1.54, 1.807) is 12.3 Å². The lowest BCUT2D eigenvalue weighted by Gasteiger charge is -2.16. The van der Waals surface area contributed by atoms with E-state index >= 15 is 0 Å². The van der Waals surface area contributed by atoms with Crippen molar-refractivity contribution in [3.05, 3.63) is 24.0 Å². The number of nitrogens with one attached hydrogen (secondary N) is 4. The molecule has 0 radical (unpaired) electrons. The molecule has 1 unspecified atom stereocenters. The van der Waals surface area contributed by atoms with Crippen molar-refractivity contribution in [2.45, 2.75) is 90.0 Å². The average Bonchev–Trinajstić information content (AvgIpc) is 3.48. The number of aliphatic carboxylic acids is 3. The molecule has 0 aliphatic carbocycles. The maximum absolute atomic E-state index is 11.7. The lowest BCUT2D eigenvalue weighted by Crippen LogP contribution is -2.30. The predicted octanol–water partition coefficient (Wildman–Crippen LogP) is 4.14. The Morgan fingerprint density at radius 3 is 1.71 bits per heavy atom. The van der Waals surface area contributed by atoms with Gasteiger partial charge in [0.15, 0.2) is 0 Å². The lowest BCUT2D eigenvalue weighted by molar-refractivity contribution is -0.138. The summed E-state index contributed by atoms with van der Waals surface area (Å²) in [4.78, 5) is 58.4. The van der Waals surface area contributed by atoms with Gasteiger partial charge in [-0.25, -0.2) is 9.59 Å². The Bertz CT molecular complexity index is 1040. The molecule has 0 aliphatic rings. The first-order valence-corrected chi connectivity index (χ1v) is 14.2. The zero-order valence-electron chi connectivity index (χ0n) is 24.0. The van der Waals surface area contributed by atoms with Crippen LogP contribution in [0.1, 0.15) is 94.5 Å². The third-order valence-electron chi connectivity index (χ3n) is 5.86. The molecule has 0 saturated heterocycles. The Hall–Kier alpha value is -4.43. The molecule has 15 nitrogen and oxygen atoms in total. The standard InChI is InChI=1S/C22H38N6O6.C5H5NO2/c1-2-3-6-11-16(19(33)34)25-22-27-20(23-14-9-4-7-12-17(29)30)26-21(28-22)24-15-10-5-8-13-18(31)32;7-5(8)4-2-1-3-6-4/h16H,2-15H2,1H3,(H,29,30)(H,31,32)(H,33,34)(H3,23,24,25,26,27,28);1-3,6H,(H,7,8). The van der Waals surface area contributed by atoms with Crippen LogP contribution >= 0.6 is 0 Å². The molecule has 42 heavy (non-hydrogen) atoms. The summed E-state index contributed by atoms with van der Waals surface area (Å²) in [7, 11) is 0. The Balaban J connectivity index is 0.000000942. The van der Waals surface area contributed by atoms with Gasteiger partial charge in [0.25, 0.3) is 0 Å². The Kier molecular flexibility index (Phi) is 18.1. The summed E-state index contributed by atoms with van der Waals surface area (Å²) in [5.41, 5.74) is 0.227. The van der Waals surface area contributed by atoms with E-state index in [1.165, 1.54) is 6.07 Å². The highest BCUT2D eigenvalue weighted by Crippen LogP contribution is 2.14. The zero-order valence-corrected chi connectivity index (χ0v) is 24.0. The van der Waals surface area contributed by atoms with Crippen LogP contribution in [-0.2, 0) is 14.4 Å². The van der Waals surface area contributed by atoms with E-state index in [2.05, 4.69) is 42.8 Å². The molecule has 2 heterocycles. The SMILES string of the molecule is CCCCCC(Nc1nc(NCCCCCC(=O)O)nc(NCCCCCC(=O)O)n1)C(=O)O.O=C(O)c1ccc[nH]1. The summed E-state index contributed by atoms with van der Waals surface area (Å²) in [6.45, 7) is 3.13. The fraction of sp³-hybridized carbons (Fsp3) is 0.593. The number of aromatic nitrogens is 4. The molecule has 8 N–H and O–H groups in total. The number of carboxylic acids is 4. The van der Waals surface area contributed by atoms with Crippen LogP contribution in [0.5, 0.6) is 0 Å². The molecular weight excluding hydrogens is 550 g/mol. The Morgan fingerprint density at radius 1 is 0.762 bits per heavy atom. The van der Waals surface area contributed by atoms with Crippen LogP contribution in [0.25, 0.3) is 0 Å². The van der Waals surface area contributed by atoms with Crippen molar-refractivity contribution < 1.29 is 39.6 Å². The first-order chi connectivity index (χ1) is 20.1. The number of rotatable bonds is 22. The van der Waals surface area contributed by atoms with Gasteiger partial charge in [-0.1, -0.05) is 39.0 Å². The van der Waals surface area contributed by atoms with Crippen molar-refractivity contribution in [2.24, 2.45) is 0 Å². The molecule has 0 aliphatic heterocycles. The molecule has 2 aromatic heterocycles. The van der Waals surface area contributed by atoms with E-state index in [9.17, 15) is 24.3 Å². The normalized spacial score (nSPS) is 11.1. The van der Waals surface area contributed by atoms with E-state index in [0.29, 0.717) is 44.2 Å². The third kappa shape index (κ3) is 17.3. The monoisotopic (exact) mass is 593 g/mol. The molecule has 0 aromatic carbocycles. The van der Waals surface area contributed by atoms with E-state index < -0.39 is 29.9 Å². The van der Waals surface area contributed by atoms with Gasteiger partial charge in [-0.3, -0.25) is 9.59 Å². The van der Waals surface area contributed by atoms with Gasteiger partial charge in [0, 0.05) is 32.1 Å². The van der Waals surface area contributed by atoms with Crippen molar-refractivity contribution in [3.63, 3.8) is 0 Å². The maximum Gasteiger partial charge on any atom is 0.352 e. The number of H-pyrrole nitrogens is 1. The highest BCUT2D eigenvalue weighted by molar-refractivity contribution is 5.85. The molecule has 0 saturated carbocycles. The first-order valence-electron chi connectivity index (χ1n) is 14.2. The molecule has 0 bridgehead atoms. The number of hydrogen-bond donors (Lipinski definition) is 8. The minimum atomic E-state index is -0.975. The quantitative estimate of drug-likeness (QED) is 0.0895. The first kappa shape index (κ1) is 35.6. The van der Waals surface area contributed by atoms with Gasteiger partial charge in [-0.15, -0.1) is 0 Å². The van der Waals surface area contributed by atoms with Crippen molar-refractivity contribution in [3.8, 4) is 0 Å². The van der Waals surface area contributed by atoms with E-state index in [-0.39, 0.29) is 24.5 Å². The van der Waals surface area contributed by atoms with Crippen molar-refractivity contribution >= 4 is 41.7 Å². The molecular formula is C27H43N7O8. The second kappa shape index (κ2) is 21.3. The van der Waals surface area contributed by atoms with Crippen LogP contribution in [0.15, 0.2) is 18.3 Å². The van der Waals surface area contributed by atoms with Crippen LogP contribution in [0.2, 0.25) is 0 Å². The third-order valence-corrected chi connectivity index (χ3v) is 5.86. The number of aromatic carboxylic acids is 1. The number of hydrogen-bond acceptors (Lipinski definition) is 10. The Morgan fingerprint density at radius 2 is 1.31 bits per heavy atom. The van der Waals surface area contributed by atoms with Gasteiger partial charge in [0.05, 0.1) is 0 Å². The van der Waals surface area contributed by atoms with Gasteiger partial charge in [0.2, 0.25) is 17.8 Å². The molecule has 2 rings (SSSR count). The lowest BCUT2D eigenvalue weighted by atomic mass is 10.1. The van der Waals surface area contributed by atoms with Crippen LogP contribution in [0, 0.1) is 0 Å². The summed E-state index contributed by atoms with van der Waals surface area (Å²) in [5.74, 6) is -2.78. The Labute approximate surface area is 244 Å². The van der Waals surface area contributed by atoms with Gasteiger partial charge in [0.1, 0.15) is 11.7 Å². The second-order valence-corrected chi connectivity index (χ2v) is 9.49. The number of aromatic amines is 1. The molecule has 234 valence electrons. The van der Waals surface area contributed by atoms with E-state index in [0.717, 1.165) is 44.9 Å². The highest BCUT2D eigenvalue weighted by atomic mass is 16.4. The van der Waals surface area contributed by atoms with Crippen LogP contribution in [-0.4, -0.2) is 83.4 Å². The van der Waals surface area contributed by atoms with Crippen molar-refractivity contribution in [1.29, 1.82) is 0 Å². The zero-order chi connectivity index (χ0) is 31.2. The molecule has 0 amide bonds. The molecule has 0 fully saturated rings. The van der Waals surface area contributed by atoms with Crippen molar-refractivity contribution in [1.82, 2.24) is 19.9 Å². The summed E-state index contributed by atoms with van der Waals surface area (Å²) in [5, 5.41) is 44.3. The summed E-state index contributed by atoms with van der Waals surface area (Å²) >= 11 is 0. The number of unbranched alkanes of at least 4 members (excludes halogenated alkanes) is 6. The maximum atomic E-state index is 11.7. The molecule has 2 aromatic rings. The van der Waals surface area contributed by atoms with Crippen LogP contribution in [0.3, 0.4) is 0 Å². The predicted molar refractivity (Wildman–Crippen MR) is 156 cm³/mol. The number of carboxylic acid groups (broad SMARTS) is 4. The number of anilines is 3. The van der Waals surface area contributed by atoms with Gasteiger partial charge >= 0.3 is 23.9 Å². The summed E-state index contributed by atoms with van der Waals surface area (Å²) in [6.07, 6.45) is 9.14. The minimum absolute atomic E-state index is 0.134. The number of carbonyl (C=O) groups is 4. The number of nitrogens with zero attached hydrogens (tertiary/aromatic N) is 3. The second-order valence-electron chi connectivity index (χ2n) is 9.49. The smallest absolute Gasteiger partial charge is 0.352 e. The van der Waals surface area contributed by atoms with Crippen LogP contribution in [0.4, 0.5) is 17.8 Å². The molecule has 0 spiro atoms. The van der Waals surface area contributed by atoms with Gasteiger partial charge in [-0.05, 0) is 44.2 Å². The topological polar surface area (TPSA) is 240 Å². The fourth-order valence-corrected chi connectivity index (χ4v) is 3.63. The van der Waals surface area contributed by atoms with Gasteiger partial charge in [-0.2, -0.15) is 15.0 Å². The minimum Gasteiger partial charge on any atom is -0.481 e. The van der Waals surface area contributed by atoms with Crippen molar-refractivity contribution in [2.75, 3.05) is 29.0 Å². The summed E-state index contributed by atoms with van der Waals surface area (Å²) < 4.78 is 0. The van der Waals surface area contributed by atoms with E-state index in [1.807, 2.05) is 0 Å². The largest absolute Gasteiger partial charge is 0.481 e. The molecule has 15 heteroatoms. The summed E-state index contributed by atoms with van der Waals surface area (Å²) in [6, 6.07) is 2.33. The van der Waals surface area contributed by atoms with E-state index in [4.69, 9.17) is 15.3 Å². The highest BCUT2D eigenvalue weighted by Gasteiger charge is 2.19.